The Morgan fingerprint density at radius 1 is 1.40 bits per heavy atom. The Bertz CT molecular complexity index is 619. The molecule has 1 N–H and O–H groups in total. The van der Waals surface area contributed by atoms with Crippen molar-refractivity contribution in [1.29, 1.82) is 0 Å². The van der Waals surface area contributed by atoms with Crippen molar-refractivity contribution >= 4 is 17.5 Å². The molecule has 0 aliphatic rings. The van der Waals surface area contributed by atoms with Gasteiger partial charge in [-0.25, -0.2) is 0 Å². The Labute approximate surface area is 123 Å². The van der Waals surface area contributed by atoms with Gasteiger partial charge in [0.15, 0.2) is 0 Å². The number of benzene rings is 1. The summed E-state index contributed by atoms with van der Waals surface area (Å²) in [4.78, 5) is 12.4. The molecule has 0 unspecified atom stereocenters. The quantitative estimate of drug-likeness (QED) is 0.941. The molecule has 4 nitrogen and oxygen atoms in total. The van der Waals surface area contributed by atoms with Crippen molar-refractivity contribution in [2.45, 2.75) is 25.8 Å². The maximum absolute atomic E-state index is 12.4. The molecule has 0 radical (unpaired) electrons. The summed E-state index contributed by atoms with van der Waals surface area (Å²) in [6.45, 7) is 4.19. The SMILES string of the molecule is Cn1cc(CNC(=O)C(C)(C)c2ccccc2Cl)cn1. The van der Waals surface area contributed by atoms with Crippen molar-refractivity contribution in [3.05, 3.63) is 52.8 Å². The van der Waals surface area contributed by atoms with E-state index >= 15 is 0 Å². The minimum atomic E-state index is -0.680. The van der Waals surface area contributed by atoms with Crippen LogP contribution in [-0.4, -0.2) is 15.7 Å². The first-order valence-electron chi connectivity index (χ1n) is 6.42. The van der Waals surface area contributed by atoms with Gasteiger partial charge >= 0.3 is 0 Å². The van der Waals surface area contributed by atoms with Gasteiger partial charge in [0.1, 0.15) is 0 Å². The summed E-state index contributed by atoms with van der Waals surface area (Å²) in [6, 6.07) is 7.42. The van der Waals surface area contributed by atoms with E-state index in [0.29, 0.717) is 11.6 Å². The zero-order chi connectivity index (χ0) is 14.8. The van der Waals surface area contributed by atoms with Crippen LogP contribution in [0.1, 0.15) is 25.0 Å². The summed E-state index contributed by atoms with van der Waals surface area (Å²) >= 11 is 6.18. The monoisotopic (exact) mass is 291 g/mol. The molecule has 0 aliphatic heterocycles. The van der Waals surface area contributed by atoms with Crippen molar-refractivity contribution in [3.63, 3.8) is 0 Å². The molecule has 1 aromatic carbocycles. The lowest BCUT2D eigenvalue weighted by Gasteiger charge is -2.25. The summed E-state index contributed by atoms with van der Waals surface area (Å²) in [6.07, 6.45) is 3.62. The van der Waals surface area contributed by atoms with Crippen molar-refractivity contribution in [3.8, 4) is 0 Å². The zero-order valence-corrected chi connectivity index (χ0v) is 12.6. The molecule has 20 heavy (non-hydrogen) atoms. The minimum absolute atomic E-state index is 0.0607. The van der Waals surface area contributed by atoms with Crippen LogP contribution in [0.2, 0.25) is 5.02 Å². The number of nitrogens with zero attached hydrogens (tertiary/aromatic N) is 2. The van der Waals surface area contributed by atoms with Gasteiger partial charge in [-0.1, -0.05) is 29.8 Å². The van der Waals surface area contributed by atoms with Crippen LogP contribution >= 0.6 is 11.6 Å². The fraction of sp³-hybridized carbons (Fsp3) is 0.333. The fourth-order valence-corrected chi connectivity index (χ4v) is 2.43. The van der Waals surface area contributed by atoms with E-state index in [1.54, 1.807) is 16.9 Å². The van der Waals surface area contributed by atoms with E-state index in [-0.39, 0.29) is 5.91 Å². The Kier molecular flexibility index (Phi) is 4.14. The van der Waals surface area contributed by atoms with Crippen LogP contribution in [0.4, 0.5) is 0 Å². The summed E-state index contributed by atoms with van der Waals surface area (Å²) in [5, 5.41) is 7.61. The molecule has 5 heteroatoms. The number of amides is 1. The van der Waals surface area contributed by atoms with Crippen LogP contribution in [0.3, 0.4) is 0 Å². The van der Waals surface area contributed by atoms with E-state index in [4.69, 9.17) is 11.6 Å². The molecule has 106 valence electrons. The van der Waals surface area contributed by atoms with Crippen molar-refractivity contribution < 1.29 is 4.79 Å². The Balaban J connectivity index is 2.09. The smallest absolute Gasteiger partial charge is 0.230 e. The van der Waals surface area contributed by atoms with Crippen molar-refractivity contribution in [2.75, 3.05) is 0 Å². The molecular formula is C15H18ClN3O. The second kappa shape index (κ2) is 5.67. The molecule has 0 aliphatic carbocycles. The van der Waals surface area contributed by atoms with Gasteiger partial charge in [-0.3, -0.25) is 9.48 Å². The lowest BCUT2D eigenvalue weighted by Crippen LogP contribution is -2.39. The lowest BCUT2D eigenvalue weighted by atomic mass is 9.83. The number of hydrogen-bond acceptors (Lipinski definition) is 2. The van der Waals surface area contributed by atoms with Gasteiger partial charge in [0.05, 0.1) is 11.6 Å². The molecule has 0 atom stereocenters. The van der Waals surface area contributed by atoms with Gasteiger partial charge in [0, 0.05) is 30.4 Å². The number of hydrogen-bond donors (Lipinski definition) is 1. The van der Waals surface area contributed by atoms with E-state index < -0.39 is 5.41 Å². The topological polar surface area (TPSA) is 46.9 Å². The number of carbonyl (C=O) groups excluding carboxylic acids is 1. The molecular weight excluding hydrogens is 274 g/mol. The summed E-state index contributed by atoms with van der Waals surface area (Å²) in [5.74, 6) is -0.0607. The Hall–Kier alpha value is -1.81. The van der Waals surface area contributed by atoms with Gasteiger partial charge in [-0.2, -0.15) is 5.10 Å². The number of nitrogens with one attached hydrogen (secondary N) is 1. The van der Waals surface area contributed by atoms with E-state index in [0.717, 1.165) is 11.1 Å². The maximum atomic E-state index is 12.4. The molecule has 2 aromatic rings. The molecule has 0 fully saturated rings. The maximum Gasteiger partial charge on any atom is 0.230 e. The third-order valence-electron chi connectivity index (χ3n) is 3.33. The molecule has 1 heterocycles. The summed E-state index contributed by atoms with van der Waals surface area (Å²) < 4.78 is 1.71. The summed E-state index contributed by atoms with van der Waals surface area (Å²) in [7, 11) is 1.85. The zero-order valence-electron chi connectivity index (χ0n) is 11.9. The second-order valence-electron chi connectivity index (χ2n) is 5.31. The number of aryl methyl sites for hydroxylation is 1. The Morgan fingerprint density at radius 2 is 2.10 bits per heavy atom. The standard InChI is InChI=1S/C15H18ClN3O/c1-15(2,12-6-4-5-7-13(12)16)14(20)17-8-11-9-18-19(3)10-11/h4-7,9-10H,8H2,1-3H3,(H,17,20). The third kappa shape index (κ3) is 3.02. The van der Waals surface area contributed by atoms with Crippen molar-refractivity contribution in [2.24, 2.45) is 7.05 Å². The van der Waals surface area contributed by atoms with Crippen molar-refractivity contribution in [1.82, 2.24) is 15.1 Å². The summed E-state index contributed by atoms with van der Waals surface area (Å²) in [5.41, 5.74) is 1.11. The molecule has 0 saturated heterocycles. The predicted molar refractivity (Wildman–Crippen MR) is 79.5 cm³/mol. The normalized spacial score (nSPS) is 11.4. The van der Waals surface area contributed by atoms with Crippen LogP contribution in [0.25, 0.3) is 0 Å². The molecule has 2 rings (SSSR count). The molecule has 0 bridgehead atoms. The van der Waals surface area contributed by atoms with Crippen LogP contribution in [0.5, 0.6) is 0 Å². The first-order valence-corrected chi connectivity index (χ1v) is 6.80. The highest BCUT2D eigenvalue weighted by Crippen LogP contribution is 2.29. The van der Waals surface area contributed by atoms with E-state index in [2.05, 4.69) is 10.4 Å². The van der Waals surface area contributed by atoms with E-state index in [9.17, 15) is 4.79 Å². The average Bonchev–Trinajstić information content (AvgIpc) is 2.82. The van der Waals surface area contributed by atoms with Crippen LogP contribution in [-0.2, 0) is 23.8 Å². The highest BCUT2D eigenvalue weighted by atomic mass is 35.5. The number of carbonyl (C=O) groups is 1. The van der Waals surface area contributed by atoms with Crippen LogP contribution < -0.4 is 5.32 Å². The largest absolute Gasteiger partial charge is 0.351 e. The van der Waals surface area contributed by atoms with Gasteiger partial charge in [0.25, 0.3) is 0 Å². The number of halogens is 1. The van der Waals surface area contributed by atoms with Gasteiger partial charge in [-0.05, 0) is 25.5 Å². The van der Waals surface area contributed by atoms with E-state index in [1.807, 2.05) is 45.3 Å². The first-order chi connectivity index (χ1) is 9.41. The second-order valence-corrected chi connectivity index (χ2v) is 5.72. The molecule has 1 amide bonds. The van der Waals surface area contributed by atoms with Crippen LogP contribution in [0.15, 0.2) is 36.7 Å². The van der Waals surface area contributed by atoms with Gasteiger partial charge in [-0.15, -0.1) is 0 Å². The highest BCUT2D eigenvalue weighted by molar-refractivity contribution is 6.31. The number of rotatable bonds is 4. The van der Waals surface area contributed by atoms with E-state index in [1.165, 1.54) is 0 Å². The fourth-order valence-electron chi connectivity index (χ4n) is 2.06. The molecule has 1 aromatic heterocycles. The first kappa shape index (κ1) is 14.6. The highest BCUT2D eigenvalue weighted by Gasteiger charge is 2.31. The molecule has 0 saturated carbocycles. The number of aromatic nitrogens is 2. The lowest BCUT2D eigenvalue weighted by molar-refractivity contribution is -0.125. The minimum Gasteiger partial charge on any atom is -0.351 e. The Morgan fingerprint density at radius 3 is 2.70 bits per heavy atom. The predicted octanol–water partition coefficient (Wildman–Crippen LogP) is 2.67. The van der Waals surface area contributed by atoms with Gasteiger partial charge < -0.3 is 5.32 Å². The average molecular weight is 292 g/mol. The van der Waals surface area contributed by atoms with Gasteiger partial charge in [0.2, 0.25) is 5.91 Å². The van der Waals surface area contributed by atoms with Crippen LogP contribution in [0, 0.1) is 0 Å². The third-order valence-corrected chi connectivity index (χ3v) is 3.66. The molecule has 0 spiro atoms.